The molecule has 0 radical (unpaired) electrons. The number of hydrogen-bond donors (Lipinski definition) is 4. The number of aryl methyl sites for hydroxylation is 2. The van der Waals surface area contributed by atoms with Crippen LogP contribution in [0.5, 0.6) is 0 Å². The predicted molar refractivity (Wildman–Crippen MR) is 87.2 cm³/mol. The van der Waals surface area contributed by atoms with Crippen LogP contribution in [0.4, 0.5) is 5.82 Å². The molecule has 5 N–H and O–H groups in total. The van der Waals surface area contributed by atoms with Crippen molar-refractivity contribution in [3.63, 3.8) is 0 Å². The average Bonchev–Trinajstić information content (AvgIpc) is 2.56. The van der Waals surface area contributed by atoms with E-state index in [4.69, 9.17) is 10.8 Å². The van der Waals surface area contributed by atoms with Crippen molar-refractivity contribution in [2.45, 2.75) is 44.6 Å². The number of fused-ring (bicyclic) bond motifs is 1. The Labute approximate surface area is 135 Å². The van der Waals surface area contributed by atoms with Crippen LogP contribution in [-0.2, 0) is 22.4 Å². The lowest BCUT2D eigenvalue weighted by Gasteiger charge is -2.17. The van der Waals surface area contributed by atoms with Gasteiger partial charge in [0, 0.05) is 25.2 Å². The molecule has 2 heterocycles. The van der Waals surface area contributed by atoms with Gasteiger partial charge in [-0.2, -0.15) is 0 Å². The molecule has 7 nitrogen and oxygen atoms in total. The van der Waals surface area contributed by atoms with Crippen molar-refractivity contribution >= 4 is 17.7 Å². The predicted octanol–water partition coefficient (Wildman–Crippen LogP) is 0.681. The lowest BCUT2D eigenvalue weighted by Crippen LogP contribution is -2.42. The second-order valence-electron chi connectivity index (χ2n) is 5.80. The summed E-state index contributed by atoms with van der Waals surface area (Å²) < 4.78 is 0. The van der Waals surface area contributed by atoms with Crippen LogP contribution < -0.4 is 16.4 Å². The summed E-state index contributed by atoms with van der Waals surface area (Å²) in [5, 5.41) is 14.5. The molecule has 0 fully saturated rings. The van der Waals surface area contributed by atoms with Crippen molar-refractivity contribution in [1.82, 2.24) is 10.3 Å². The van der Waals surface area contributed by atoms with E-state index in [1.807, 2.05) is 0 Å². The molecule has 0 aromatic carbocycles. The number of nitrogens with one attached hydrogen (secondary N) is 2. The molecule has 7 heteroatoms. The Kier molecular flexibility index (Phi) is 6.34. The van der Waals surface area contributed by atoms with Crippen LogP contribution in [0.1, 0.15) is 36.9 Å². The van der Waals surface area contributed by atoms with E-state index in [9.17, 15) is 9.59 Å². The van der Waals surface area contributed by atoms with Gasteiger partial charge >= 0.3 is 5.97 Å². The summed E-state index contributed by atoms with van der Waals surface area (Å²) in [5.41, 5.74) is 7.63. The van der Waals surface area contributed by atoms with E-state index in [2.05, 4.69) is 27.8 Å². The van der Waals surface area contributed by atoms with Gasteiger partial charge in [-0.05, 0) is 43.7 Å². The van der Waals surface area contributed by atoms with Crippen LogP contribution in [0.2, 0.25) is 0 Å². The summed E-state index contributed by atoms with van der Waals surface area (Å²) in [7, 11) is 0. The van der Waals surface area contributed by atoms with E-state index in [-0.39, 0.29) is 12.5 Å². The van der Waals surface area contributed by atoms with Crippen molar-refractivity contribution in [2.24, 2.45) is 5.73 Å². The summed E-state index contributed by atoms with van der Waals surface area (Å²) in [6, 6.07) is 3.13. The minimum atomic E-state index is -1.11. The number of carbonyl (C=O) groups excluding carboxylic acids is 1. The molecular weight excluding hydrogens is 296 g/mol. The Balaban J connectivity index is 1.65. The van der Waals surface area contributed by atoms with Crippen LogP contribution in [0.25, 0.3) is 0 Å². The molecule has 0 saturated carbocycles. The fraction of sp³-hybridized carbons (Fsp3) is 0.562. The maximum absolute atomic E-state index is 11.6. The number of aliphatic carboxylic acids is 1. The molecule has 1 aliphatic rings. The van der Waals surface area contributed by atoms with Gasteiger partial charge in [0.25, 0.3) is 0 Å². The number of pyridine rings is 1. The smallest absolute Gasteiger partial charge is 0.322 e. The molecule has 0 unspecified atom stereocenters. The largest absolute Gasteiger partial charge is 0.480 e. The first-order valence-electron chi connectivity index (χ1n) is 8.04. The number of carboxylic acid groups (broad SMARTS) is 1. The molecule has 1 aliphatic heterocycles. The molecule has 126 valence electrons. The number of amides is 1. The number of carbonyl (C=O) groups is 2. The zero-order valence-corrected chi connectivity index (χ0v) is 13.2. The molecule has 2 rings (SSSR count). The van der Waals surface area contributed by atoms with Gasteiger partial charge in [0.05, 0.1) is 0 Å². The number of nitrogens with zero attached hydrogens (tertiary/aromatic N) is 1. The van der Waals surface area contributed by atoms with Crippen molar-refractivity contribution in [3.05, 3.63) is 23.4 Å². The van der Waals surface area contributed by atoms with Gasteiger partial charge in [-0.3, -0.25) is 9.59 Å². The molecule has 1 aromatic rings. The van der Waals surface area contributed by atoms with E-state index < -0.39 is 12.0 Å². The van der Waals surface area contributed by atoms with Crippen LogP contribution >= 0.6 is 0 Å². The SMILES string of the molecule is N[C@H](CNC(=O)CCCCc1ccc2c(n1)NCCC2)C(=O)O. The lowest BCUT2D eigenvalue weighted by molar-refractivity contribution is -0.138. The molecule has 1 aromatic heterocycles. The third-order valence-electron chi connectivity index (χ3n) is 3.87. The van der Waals surface area contributed by atoms with Crippen LogP contribution in [0.3, 0.4) is 0 Å². The third kappa shape index (κ3) is 5.52. The van der Waals surface area contributed by atoms with Gasteiger partial charge < -0.3 is 21.5 Å². The second-order valence-corrected chi connectivity index (χ2v) is 5.80. The summed E-state index contributed by atoms with van der Waals surface area (Å²) >= 11 is 0. The Morgan fingerprint density at radius 2 is 2.22 bits per heavy atom. The monoisotopic (exact) mass is 320 g/mol. The first kappa shape index (κ1) is 17.2. The summed E-state index contributed by atoms with van der Waals surface area (Å²) in [5.74, 6) is -0.284. The lowest BCUT2D eigenvalue weighted by atomic mass is 10.1. The van der Waals surface area contributed by atoms with E-state index in [1.165, 1.54) is 5.56 Å². The third-order valence-corrected chi connectivity index (χ3v) is 3.87. The molecule has 0 spiro atoms. The van der Waals surface area contributed by atoms with Crippen LogP contribution in [0.15, 0.2) is 12.1 Å². The number of unbranched alkanes of at least 4 members (excludes halogenated alkanes) is 1. The zero-order chi connectivity index (χ0) is 16.7. The van der Waals surface area contributed by atoms with E-state index in [0.29, 0.717) is 6.42 Å². The van der Waals surface area contributed by atoms with Gasteiger partial charge in [-0.15, -0.1) is 0 Å². The fourth-order valence-corrected chi connectivity index (χ4v) is 2.50. The topological polar surface area (TPSA) is 117 Å². The average molecular weight is 320 g/mol. The number of aromatic nitrogens is 1. The Morgan fingerprint density at radius 3 is 3.00 bits per heavy atom. The zero-order valence-electron chi connectivity index (χ0n) is 13.2. The quantitative estimate of drug-likeness (QED) is 0.523. The Morgan fingerprint density at radius 1 is 1.39 bits per heavy atom. The van der Waals surface area contributed by atoms with Crippen molar-refractivity contribution in [2.75, 3.05) is 18.4 Å². The Hall–Kier alpha value is -2.15. The van der Waals surface area contributed by atoms with E-state index in [0.717, 1.165) is 50.2 Å². The van der Waals surface area contributed by atoms with Crippen molar-refractivity contribution < 1.29 is 14.7 Å². The fourth-order valence-electron chi connectivity index (χ4n) is 2.50. The minimum absolute atomic E-state index is 0.0355. The standard InChI is InChI=1S/C16H24N4O3/c17-13(16(22)23)10-19-14(21)6-2-1-5-12-8-7-11-4-3-9-18-15(11)20-12/h7-8,13H,1-6,9-10,17H2,(H,18,20)(H,19,21)(H,22,23)/t13-/m1/s1. The highest BCUT2D eigenvalue weighted by Gasteiger charge is 2.13. The van der Waals surface area contributed by atoms with Crippen LogP contribution in [0, 0.1) is 0 Å². The van der Waals surface area contributed by atoms with Gasteiger partial charge in [-0.25, -0.2) is 4.98 Å². The Bertz CT molecular complexity index is 562. The first-order chi connectivity index (χ1) is 11.1. The molecular formula is C16H24N4O3. The number of carboxylic acids is 1. The second kappa shape index (κ2) is 8.47. The summed E-state index contributed by atoms with van der Waals surface area (Å²) in [6.07, 6.45) is 5.03. The van der Waals surface area contributed by atoms with Crippen molar-refractivity contribution in [1.29, 1.82) is 0 Å². The minimum Gasteiger partial charge on any atom is -0.480 e. The maximum atomic E-state index is 11.6. The molecule has 0 aliphatic carbocycles. The normalized spacial score (nSPS) is 14.5. The molecule has 0 bridgehead atoms. The van der Waals surface area contributed by atoms with E-state index >= 15 is 0 Å². The summed E-state index contributed by atoms with van der Waals surface area (Å²) in [6.45, 7) is 0.939. The number of rotatable bonds is 8. The van der Waals surface area contributed by atoms with Crippen molar-refractivity contribution in [3.8, 4) is 0 Å². The van der Waals surface area contributed by atoms with Gasteiger partial charge in [0.2, 0.25) is 5.91 Å². The van der Waals surface area contributed by atoms with Gasteiger partial charge in [-0.1, -0.05) is 6.07 Å². The highest BCUT2D eigenvalue weighted by Crippen LogP contribution is 2.20. The molecule has 1 amide bonds. The van der Waals surface area contributed by atoms with Crippen LogP contribution in [-0.4, -0.2) is 41.1 Å². The van der Waals surface area contributed by atoms with Gasteiger partial charge in [0.1, 0.15) is 11.9 Å². The highest BCUT2D eigenvalue weighted by atomic mass is 16.4. The number of hydrogen-bond acceptors (Lipinski definition) is 5. The number of anilines is 1. The van der Waals surface area contributed by atoms with Gasteiger partial charge in [0.15, 0.2) is 0 Å². The highest BCUT2D eigenvalue weighted by molar-refractivity contribution is 5.78. The number of nitrogens with two attached hydrogens (primary N) is 1. The molecule has 23 heavy (non-hydrogen) atoms. The molecule has 1 atom stereocenters. The molecule has 0 saturated heterocycles. The maximum Gasteiger partial charge on any atom is 0.322 e. The first-order valence-corrected chi connectivity index (χ1v) is 8.04. The van der Waals surface area contributed by atoms with E-state index in [1.54, 1.807) is 0 Å². The summed E-state index contributed by atoms with van der Waals surface area (Å²) in [4.78, 5) is 26.7.